The fourth-order valence-electron chi connectivity index (χ4n) is 2.82. The maximum atomic E-state index is 5.23. The van der Waals surface area contributed by atoms with Crippen LogP contribution in [0.2, 0.25) is 0 Å². The van der Waals surface area contributed by atoms with Gasteiger partial charge in [-0.2, -0.15) is 0 Å². The summed E-state index contributed by atoms with van der Waals surface area (Å²) in [5.74, 6) is 0. The van der Waals surface area contributed by atoms with Crippen LogP contribution in [0, 0.1) is 6.58 Å². The van der Waals surface area contributed by atoms with Gasteiger partial charge in [0.2, 0.25) is 0 Å². The molecule has 0 aliphatic rings. The molecule has 0 aromatic heterocycles. The predicted octanol–water partition coefficient (Wildman–Crippen LogP) is 9.74. The van der Waals surface area contributed by atoms with Gasteiger partial charge in [0.25, 0.3) is 0 Å². The highest BCUT2D eigenvalue weighted by Gasteiger charge is 1.91. The molecule has 0 heterocycles. The highest BCUT2D eigenvalue weighted by atomic mass is 14.0. The smallest absolute Gasteiger partial charge is 0.0348 e. The van der Waals surface area contributed by atoms with Crippen LogP contribution in [0.3, 0.4) is 0 Å². The van der Waals surface area contributed by atoms with E-state index in [2.05, 4.69) is 37.3 Å². The molecule has 0 aromatic carbocycles. The topological polar surface area (TPSA) is 0 Å². The fourth-order valence-corrected chi connectivity index (χ4v) is 2.82. The number of allylic oxidation sites excluding steroid dienone is 17. The molecule has 0 aromatic rings. The summed E-state index contributed by atoms with van der Waals surface area (Å²) >= 11 is 0. The molecule has 1 radical (unpaired) electrons. The highest BCUT2D eigenvalue weighted by Crippen LogP contribution is 2.11. The van der Waals surface area contributed by atoms with E-state index < -0.39 is 0 Å². The van der Waals surface area contributed by atoms with Crippen molar-refractivity contribution in [3.8, 4) is 0 Å². The first kappa shape index (κ1) is 27.7. The lowest BCUT2D eigenvalue weighted by Gasteiger charge is -2.01. The van der Waals surface area contributed by atoms with Gasteiger partial charge in [0.05, 0.1) is 0 Å². The maximum absolute atomic E-state index is 5.23. The minimum Gasteiger partial charge on any atom is -0.0845 e. The standard InChI is InChI=1S/C30H43/c1-3-5-7-9-11-13-15-17-19-21-23-25-27-29-30-28-26-24-22-20-18-16-14-12-10-8-6-4-2/h1,3,5,7,9,11,13,15,17,19,21,23,25-30H,4,6,8,10,12,14,16,18,20,22,24H2,2H3. The van der Waals surface area contributed by atoms with E-state index in [1.807, 2.05) is 60.8 Å². The first-order valence-electron chi connectivity index (χ1n) is 11.8. The summed E-state index contributed by atoms with van der Waals surface area (Å²) in [5, 5.41) is 0. The molecule has 0 nitrogen and oxygen atoms in total. The Morgan fingerprint density at radius 3 is 1.13 bits per heavy atom. The van der Waals surface area contributed by atoms with Gasteiger partial charge in [-0.05, 0) is 12.8 Å². The van der Waals surface area contributed by atoms with E-state index in [0.29, 0.717) is 0 Å². The molecule has 0 bridgehead atoms. The highest BCUT2D eigenvalue weighted by molar-refractivity contribution is 5.21. The van der Waals surface area contributed by atoms with Crippen LogP contribution >= 0.6 is 0 Å². The zero-order valence-corrected chi connectivity index (χ0v) is 19.2. The normalized spacial score (nSPS) is 13.4. The van der Waals surface area contributed by atoms with Crippen LogP contribution < -0.4 is 0 Å². The molecule has 0 rings (SSSR count). The zero-order valence-electron chi connectivity index (χ0n) is 19.2. The predicted molar refractivity (Wildman–Crippen MR) is 138 cm³/mol. The third-order valence-corrected chi connectivity index (χ3v) is 4.53. The van der Waals surface area contributed by atoms with Gasteiger partial charge in [-0.25, -0.2) is 0 Å². The molecular weight excluding hydrogens is 360 g/mol. The van der Waals surface area contributed by atoms with Crippen LogP contribution in [-0.4, -0.2) is 0 Å². The van der Waals surface area contributed by atoms with Crippen molar-refractivity contribution in [2.24, 2.45) is 0 Å². The first-order valence-corrected chi connectivity index (χ1v) is 11.8. The van der Waals surface area contributed by atoms with Crippen molar-refractivity contribution < 1.29 is 0 Å². The Labute approximate surface area is 187 Å². The van der Waals surface area contributed by atoms with Gasteiger partial charge in [0.15, 0.2) is 0 Å². The molecule has 0 N–H and O–H groups in total. The van der Waals surface area contributed by atoms with Crippen molar-refractivity contribution in [2.75, 3.05) is 0 Å². The van der Waals surface area contributed by atoms with E-state index in [1.54, 1.807) is 6.08 Å². The Bertz CT molecular complexity index is 588. The molecule has 163 valence electrons. The summed E-state index contributed by atoms with van der Waals surface area (Å²) in [5.41, 5.74) is 0. The summed E-state index contributed by atoms with van der Waals surface area (Å²) in [4.78, 5) is 0. The van der Waals surface area contributed by atoms with Crippen molar-refractivity contribution >= 4 is 0 Å². The Morgan fingerprint density at radius 2 is 0.733 bits per heavy atom. The van der Waals surface area contributed by atoms with Gasteiger partial charge < -0.3 is 0 Å². The number of hydrogen-bond acceptors (Lipinski definition) is 0. The van der Waals surface area contributed by atoms with Gasteiger partial charge in [-0.15, -0.1) is 0 Å². The third-order valence-electron chi connectivity index (χ3n) is 4.53. The number of hydrogen-bond donors (Lipinski definition) is 0. The Balaban J connectivity index is 3.57. The second kappa shape index (κ2) is 26.7. The van der Waals surface area contributed by atoms with E-state index in [1.165, 1.54) is 76.7 Å². The molecule has 0 fully saturated rings. The third kappa shape index (κ3) is 25.7. The van der Waals surface area contributed by atoms with Crippen molar-refractivity contribution in [1.82, 2.24) is 0 Å². The molecule has 0 aliphatic carbocycles. The van der Waals surface area contributed by atoms with Gasteiger partial charge in [0.1, 0.15) is 0 Å². The van der Waals surface area contributed by atoms with Gasteiger partial charge >= 0.3 is 0 Å². The fraction of sp³-hybridized carbons (Fsp3) is 0.400. The summed E-state index contributed by atoms with van der Waals surface area (Å²) in [6.45, 7) is 7.51. The lowest BCUT2D eigenvalue weighted by atomic mass is 10.1. The number of rotatable bonds is 19. The van der Waals surface area contributed by atoms with E-state index in [4.69, 9.17) is 6.58 Å². The lowest BCUT2D eigenvalue weighted by Crippen LogP contribution is -1.81. The maximum Gasteiger partial charge on any atom is -0.0348 e. The summed E-state index contributed by atoms with van der Waals surface area (Å²) in [6, 6.07) is 0. The van der Waals surface area contributed by atoms with E-state index in [9.17, 15) is 0 Å². The molecule has 0 atom stereocenters. The van der Waals surface area contributed by atoms with Crippen molar-refractivity contribution in [3.63, 3.8) is 0 Å². The van der Waals surface area contributed by atoms with Crippen LogP contribution in [0.5, 0.6) is 0 Å². The lowest BCUT2D eigenvalue weighted by molar-refractivity contribution is 0.557. The second-order valence-corrected chi connectivity index (χ2v) is 7.29. The molecule has 0 heteroatoms. The average molecular weight is 404 g/mol. The molecule has 0 unspecified atom stereocenters. The molecule has 30 heavy (non-hydrogen) atoms. The molecule has 0 aliphatic heterocycles. The molecular formula is C30H43. The number of unbranched alkanes of at least 4 members (excludes halogenated alkanes) is 10. The molecule has 0 amide bonds. The minimum atomic E-state index is 1.19. The SMILES string of the molecule is [CH]=CC=CC=CC=CC=CC=CC=CC=CC=CCCCCCCCCCCCC. The molecule has 0 saturated heterocycles. The minimum absolute atomic E-state index is 1.19. The Morgan fingerprint density at radius 1 is 0.400 bits per heavy atom. The quantitative estimate of drug-likeness (QED) is 0.149. The van der Waals surface area contributed by atoms with Gasteiger partial charge in [-0.3, -0.25) is 0 Å². The zero-order chi connectivity index (χ0) is 21.8. The second-order valence-electron chi connectivity index (χ2n) is 7.29. The Kier molecular flexibility index (Phi) is 24.6. The monoisotopic (exact) mass is 403 g/mol. The van der Waals surface area contributed by atoms with E-state index >= 15 is 0 Å². The van der Waals surface area contributed by atoms with Gasteiger partial charge in [0, 0.05) is 0 Å². The van der Waals surface area contributed by atoms with Crippen LogP contribution in [0.1, 0.15) is 77.6 Å². The largest absolute Gasteiger partial charge is 0.0845 e. The summed E-state index contributed by atoms with van der Waals surface area (Å²) in [6.07, 6.45) is 49.0. The first-order chi connectivity index (χ1) is 14.9. The van der Waals surface area contributed by atoms with Gasteiger partial charge in [-0.1, -0.05) is 175 Å². The van der Waals surface area contributed by atoms with Crippen LogP contribution in [0.4, 0.5) is 0 Å². The molecule has 0 saturated carbocycles. The molecule has 0 spiro atoms. The average Bonchev–Trinajstić information content (AvgIpc) is 2.76. The van der Waals surface area contributed by atoms with Crippen LogP contribution in [0.25, 0.3) is 0 Å². The Hall–Kier alpha value is -2.34. The summed E-state index contributed by atoms with van der Waals surface area (Å²) < 4.78 is 0. The van der Waals surface area contributed by atoms with Crippen molar-refractivity contribution in [3.05, 3.63) is 110 Å². The van der Waals surface area contributed by atoms with Crippen molar-refractivity contribution in [2.45, 2.75) is 77.6 Å². The van der Waals surface area contributed by atoms with Crippen LogP contribution in [-0.2, 0) is 0 Å². The van der Waals surface area contributed by atoms with Crippen molar-refractivity contribution in [1.29, 1.82) is 0 Å². The van der Waals surface area contributed by atoms with E-state index in [0.717, 1.165) is 0 Å². The van der Waals surface area contributed by atoms with Crippen LogP contribution in [0.15, 0.2) is 103 Å². The summed E-state index contributed by atoms with van der Waals surface area (Å²) in [7, 11) is 0. The van der Waals surface area contributed by atoms with E-state index in [-0.39, 0.29) is 0 Å².